The minimum atomic E-state index is -0.660. The lowest BCUT2D eigenvalue weighted by atomic mass is 10.2. The summed E-state index contributed by atoms with van der Waals surface area (Å²) >= 11 is 0. The van der Waals surface area contributed by atoms with E-state index in [4.69, 9.17) is 11.5 Å². The first-order valence-corrected chi connectivity index (χ1v) is 5.09. The molecular formula is C9H16N4O3. The van der Waals surface area contributed by atoms with Crippen LogP contribution in [-0.4, -0.2) is 48.3 Å². The quantitative estimate of drug-likeness (QED) is 0.483. The van der Waals surface area contributed by atoms with E-state index in [-0.39, 0.29) is 25.0 Å². The van der Waals surface area contributed by atoms with E-state index >= 15 is 0 Å². The van der Waals surface area contributed by atoms with Crippen molar-refractivity contribution in [1.82, 2.24) is 10.2 Å². The van der Waals surface area contributed by atoms with E-state index in [0.29, 0.717) is 6.42 Å². The number of carbonyl (C=O) groups excluding carboxylic acids is 3. The van der Waals surface area contributed by atoms with Crippen LogP contribution in [-0.2, 0) is 14.4 Å². The molecule has 1 heterocycles. The first kappa shape index (κ1) is 12.4. The van der Waals surface area contributed by atoms with Gasteiger partial charge in [-0.1, -0.05) is 0 Å². The maximum Gasteiger partial charge on any atom is 0.240 e. The molecular weight excluding hydrogens is 212 g/mol. The molecule has 1 atom stereocenters. The van der Waals surface area contributed by atoms with Crippen LogP contribution in [0.4, 0.5) is 0 Å². The molecule has 1 aliphatic rings. The smallest absolute Gasteiger partial charge is 0.240 e. The van der Waals surface area contributed by atoms with Crippen LogP contribution in [0.25, 0.3) is 0 Å². The summed E-state index contributed by atoms with van der Waals surface area (Å²) in [4.78, 5) is 34.5. The van der Waals surface area contributed by atoms with Crippen molar-refractivity contribution in [3.05, 3.63) is 0 Å². The fourth-order valence-electron chi connectivity index (χ4n) is 1.70. The van der Waals surface area contributed by atoms with E-state index < -0.39 is 11.8 Å². The largest absolute Gasteiger partial charge is 0.368 e. The third-order valence-corrected chi connectivity index (χ3v) is 2.36. The molecule has 0 aromatic carbocycles. The molecule has 7 heteroatoms. The summed E-state index contributed by atoms with van der Waals surface area (Å²) in [6, 6.07) is -0.335. The Balaban J connectivity index is 2.62. The van der Waals surface area contributed by atoms with Crippen LogP contribution in [0.2, 0.25) is 0 Å². The number of nitrogens with two attached hydrogens (primary N) is 2. The highest BCUT2D eigenvalue weighted by Crippen LogP contribution is 2.08. The molecule has 0 bridgehead atoms. The van der Waals surface area contributed by atoms with Crippen molar-refractivity contribution in [2.45, 2.75) is 18.9 Å². The lowest BCUT2D eigenvalue weighted by Gasteiger charge is -2.22. The average Bonchev–Trinajstić information content (AvgIpc) is 2.66. The van der Waals surface area contributed by atoms with Crippen molar-refractivity contribution >= 4 is 17.7 Å². The highest BCUT2D eigenvalue weighted by molar-refractivity contribution is 5.90. The lowest BCUT2D eigenvalue weighted by molar-refractivity contribution is -0.139. The van der Waals surface area contributed by atoms with Crippen molar-refractivity contribution in [1.29, 1.82) is 0 Å². The fourth-order valence-corrected chi connectivity index (χ4v) is 1.70. The van der Waals surface area contributed by atoms with Crippen LogP contribution in [0, 0.1) is 0 Å². The number of primary amides is 2. The minimum Gasteiger partial charge on any atom is -0.368 e. The molecule has 1 rings (SSSR count). The van der Waals surface area contributed by atoms with Crippen molar-refractivity contribution < 1.29 is 14.4 Å². The summed E-state index contributed by atoms with van der Waals surface area (Å²) in [7, 11) is 0. The number of amides is 3. The van der Waals surface area contributed by atoms with Gasteiger partial charge in [-0.2, -0.15) is 0 Å². The molecule has 0 saturated carbocycles. The lowest BCUT2D eigenvalue weighted by Crippen LogP contribution is -2.49. The molecule has 0 aromatic rings. The van der Waals surface area contributed by atoms with E-state index in [9.17, 15) is 14.4 Å². The Bertz CT molecular complexity index is 283. The number of hydrogen-bond donors (Lipinski definition) is 3. The number of hydrogen-bond acceptors (Lipinski definition) is 4. The molecule has 0 unspecified atom stereocenters. The summed E-state index contributed by atoms with van der Waals surface area (Å²) < 4.78 is 0. The van der Waals surface area contributed by atoms with Gasteiger partial charge in [-0.05, 0) is 19.4 Å². The molecule has 0 aromatic heterocycles. The molecule has 1 saturated heterocycles. The van der Waals surface area contributed by atoms with E-state index in [1.807, 2.05) is 0 Å². The number of carbonyl (C=O) groups is 3. The molecule has 0 aliphatic carbocycles. The summed E-state index contributed by atoms with van der Waals surface area (Å²) in [5, 5.41) is 2.99. The van der Waals surface area contributed by atoms with Crippen molar-refractivity contribution in [3.63, 3.8) is 0 Å². The second kappa shape index (κ2) is 5.45. The zero-order valence-corrected chi connectivity index (χ0v) is 8.94. The van der Waals surface area contributed by atoms with E-state index in [0.717, 1.165) is 17.9 Å². The molecule has 1 fully saturated rings. The van der Waals surface area contributed by atoms with Gasteiger partial charge in [-0.25, -0.2) is 0 Å². The molecule has 90 valence electrons. The maximum absolute atomic E-state index is 11.9. The highest BCUT2D eigenvalue weighted by Gasteiger charge is 2.28. The Hall–Kier alpha value is -1.63. The molecule has 0 radical (unpaired) electrons. The predicted octanol–water partition coefficient (Wildman–Crippen LogP) is -2.46. The number of nitrogens with zero attached hydrogens (tertiary/aromatic N) is 1. The van der Waals surface area contributed by atoms with Gasteiger partial charge in [0, 0.05) is 0 Å². The first-order valence-electron chi connectivity index (χ1n) is 5.09. The van der Waals surface area contributed by atoms with Crippen LogP contribution in [0.5, 0.6) is 0 Å². The van der Waals surface area contributed by atoms with Gasteiger partial charge >= 0.3 is 0 Å². The number of rotatable bonds is 5. The van der Waals surface area contributed by atoms with Gasteiger partial charge < -0.3 is 21.7 Å². The molecule has 7 nitrogen and oxygen atoms in total. The fraction of sp³-hybridized carbons (Fsp3) is 0.667. The Morgan fingerprint density at radius 3 is 2.12 bits per heavy atom. The third kappa shape index (κ3) is 3.50. The topological polar surface area (TPSA) is 119 Å². The zero-order valence-electron chi connectivity index (χ0n) is 8.94. The molecule has 5 N–H and O–H groups in total. The van der Waals surface area contributed by atoms with Gasteiger partial charge in [-0.15, -0.1) is 0 Å². The number of nitrogens with one attached hydrogen (secondary N) is 1. The molecule has 1 aliphatic heterocycles. The van der Waals surface area contributed by atoms with Crippen molar-refractivity contribution in [2.24, 2.45) is 11.5 Å². The van der Waals surface area contributed by atoms with Crippen molar-refractivity contribution in [3.8, 4) is 0 Å². The van der Waals surface area contributed by atoms with Gasteiger partial charge in [0.25, 0.3) is 0 Å². The Morgan fingerprint density at radius 2 is 1.75 bits per heavy atom. The van der Waals surface area contributed by atoms with E-state index in [2.05, 4.69) is 5.32 Å². The third-order valence-electron chi connectivity index (χ3n) is 2.36. The minimum absolute atomic E-state index is 0.278. The van der Waals surface area contributed by atoms with Crippen LogP contribution < -0.4 is 16.8 Å². The normalized spacial score (nSPS) is 19.4. The molecule has 0 spiro atoms. The maximum atomic E-state index is 11.9. The van der Waals surface area contributed by atoms with Gasteiger partial charge in [-0.3, -0.25) is 14.4 Å². The molecule has 16 heavy (non-hydrogen) atoms. The SMILES string of the molecule is NC(=O)CN(CC(N)=O)C(=O)[C@@H]1CCCN1. The molecule has 3 amide bonds. The Morgan fingerprint density at radius 1 is 1.19 bits per heavy atom. The first-order chi connectivity index (χ1) is 7.50. The summed E-state index contributed by atoms with van der Waals surface area (Å²) in [6.45, 7) is 0.206. The van der Waals surface area contributed by atoms with Gasteiger partial charge in [0.2, 0.25) is 17.7 Å². The van der Waals surface area contributed by atoms with Crippen LogP contribution in [0.15, 0.2) is 0 Å². The summed E-state index contributed by atoms with van der Waals surface area (Å²) in [6.07, 6.45) is 1.60. The Labute approximate surface area is 93.1 Å². The summed E-state index contributed by atoms with van der Waals surface area (Å²) in [5.41, 5.74) is 10.0. The summed E-state index contributed by atoms with van der Waals surface area (Å²) in [5.74, 6) is -1.62. The van der Waals surface area contributed by atoms with Gasteiger partial charge in [0.15, 0.2) is 0 Å². The highest BCUT2D eigenvalue weighted by atomic mass is 16.2. The zero-order chi connectivity index (χ0) is 12.1. The van der Waals surface area contributed by atoms with Crippen LogP contribution in [0.1, 0.15) is 12.8 Å². The van der Waals surface area contributed by atoms with Crippen LogP contribution >= 0.6 is 0 Å². The van der Waals surface area contributed by atoms with E-state index in [1.165, 1.54) is 0 Å². The predicted molar refractivity (Wildman–Crippen MR) is 56.0 cm³/mol. The average molecular weight is 228 g/mol. The Kier molecular flexibility index (Phi) is 4.24. The van der Waals surface area contributed by atoms with Gasteiger partial charge in [0.1, 0.15) is 0 Å². The van der Waals surface area contributed by atoms with E-state index in [1.54, 1.807) is 0 Å². The van der Waals surface area contributed by atoms with Gasteiger partial charge in [0.05, 0.1) is 19.1 Å². The second-order valence-corrected chi connectivity index (χ2v) is 3.78. The standard InChI is InChI=1S/C9H16N4O3/c10-7(14)4-13(5-8(11)15)9(16)6-2-1-3-12-6/h6,12H,1-5H2,(H2,10,14)(H2,11,15)/t6-/m0/s1. The second-order valence-electron chi connectivity index (χ2n) is 3.78. The van der Waals surface area contributed by atoms with Crippen molar-refractivity contribution in [2.75, 3.05) is 19.6 Å². The monoisotopic (exact) mass is 228 g/mol. The van der Waals surface area contributed by atoms with Crippen LogP contribution in [0.3, 0.4) is 0 Å².